The van der Waals surface area contributed by atoms with Crippen LogP contribution in [-0.4, -0.2) is 37.6 Å². The molecule has 1 aromatic carbocycles. The van der Waals surface area contributed by atoms with E-state index in [4.69, 9.17) is 10.5 Å². The Morgan fingerprint density at radius 3 is 2.38 bits per heavy atom. The third kappa shape index (κ3) is 4.96. The van der Waals surface area contributed by atoms with Crippen LogP contribution in [0.1, 0.15) is 24.9 Å². The molecular formula is C14H21N3O4. The van der Waals surface area contributed by atoms with Crippen LogP contribution in [0.5, 0.6) is 5.75 Å². The van der Waals surface area contributed by atoms with E-state index in [2.05, 4.69) is 10.3 Å². The lowest BCUT2D eigenvalue weighted by molar-refractivity contribution is -0.131. The first-order valence-corrected chi connectivity index (χ1v) is 6.51. The highest BCUT2D eigenvalue weighted by molar-refractivity contribution is 5.77. The average Bonchev–Trinajstić information content (AvgIpc) is 2.47. The standard InChI is InChI=1S/C14H21N3O4/c1-10(11-4-6-12(20-2)7-5-11)17(14(15)19)9-8-13(18)16-21-3/h4-7,10H,8-9H2,1-3H3,(H2,15,19)(H,16,18). The maximum atomic E-state index is 11.6. The molecule has 7 heteroatoms. The minimum absolute atomic E-state index is 0.108. The van der Waals surface area contributed by atoms with E-state index in [1.54, 1.807) is 7.11 Å². The molecule has 0 aliphatic heterocycles. The van der Waals surface area contributed by atoms with E-state index in [1.165, 1.54) is 12.0 Å². The number of carbonyl (C=O) groups is 2. The first-order chi connectivity index (χ1) is 9.99. The summed E-state index contributed by atoms with van der Waals surface area (Å²) < 4.78 is 5.09. The maximum Gasteiger partial charge on any atom is 0.315 e. The number of hydrogen-bond donors (Lipinski definition) is 2. The highest BCUT2D eigenvalue weighted by Crippen LogP contribution is 2.22. The lowest BCUT2D eigenvalue weighted by Crippen LogP contribution is -2.40. The minimum Gasteiger partial charge on any atom is -0.497 e. The average molecular weight is 295 g/mol. The van der Waals surface area contributed by atoms with Crippen LogP contribution in [0.15, 0.2) is 24.3 Å². The number of nitrogens with zero attached hydrogens (tertiary/aromatic N) is 1. The predicted molar refractivity (Wildman–Crippen MR) is 77.5 cm³/mol. The molecular weight excluding hydrogens is 274 g/mol. The summed E-state index contributed by atoms with van der Waals surface area (Å²) in [7, 11) is 2.94. The summed E-state index contributed by atoms with van der Waals surface area (Å²) in [5.41, 5.74) is 8.49. The molecule has 1 unspecified atom stereocenters. The van der Waals surface area contributed by atoms with Crippen molar-refractivity contribution < 1.29 is 19.2 Å². The van der Waals surface area contributed by atoms with Crippen molar-refractivity contribution >= 4 is 11.9 Å². The molecule has 116 valence electrons. The molecule has 0 saturated carbocycles. The van der Waals surface area contributed by atoms with Gasteiger partial charge >= 0.3 is 6.03 Å². The summed E-state index contributed by atoms with van der Waals surface area (Å²) in [6.07, 6.45) is 0.108. The first-order valence-electron chi connectivity index (χ1n) is 6.51. The number of rotatable bonds is 7. The first kappa shape index (κ1) is 16.8. The highest BCUT2D eigenvalue weighted by Gasteiger charge is 2.20. The van der Waals surface area contributed by atoms with Gasteiger partial charge in [0.2, 0.25) is 5.91 Å². The second-order valence-electron chi connectivity index (χ2n) is 4.46. The number of urea groups is 1. The van der Waals surface area contributed by atoms with E-state index in [0.29, 0.717) is 0 Å². The second kappa shape index (κ2) is 8.11. The number of methoxy groups -OCH3 is 1. The molecule has 0 aliphatic carbocycles. The Balaban J connectivity index is 2.74. The van der Waals surface area contributed by atoms with Crippen LogP contribution < -0.4 is 16.0 Å². The fourth-order valence-corrected chi connectivity index (χ4v) is 1.94. The normalized spacial score (nSPS) is 11.6. The molecule has 1 atom stereocenters. The molecule has 3 amide bonds. The van der Waals surface area contributed by atoms with E-state index in [0.717, 1.165) is 11.3 Å². The van der Waals surface area contributed by atoms with Gasteiger partial charge in [-0.1, -0.05) is 12.1 Å². The molecule has 0 fully saturated rings. The van der Waals surface area contributed by atoms with Gasteiger partial charge in [0.25, 0.3) is 0 Å². The van der Waals surface area contributed by atoms with Crippen molar-refractivity contribution in [1.29, 1.82) is 0 Å². The summed E-state index contributed by atoms with van der Waals surface area (Å²) in [5.74, 6) is 0.418. The zero-order chi connectivity index (χ0) is 15.8. The number of hydroxylamine groups is 1. The van der Waals surface area contributed by atoms with Crippen LogP contribution in [0.3, 0.4) is 0 Å². The molecule has 0 heterocycles. The molecule has 0 saturated heterocycles. The summed E-state index contributed by atoms with van der Waals surface area (Å²) in [6, 6.07) is 6.50. The van der Waals surface area contributed by atoms with Crippen molar-refractivity contribution in [2.45, 2.75) is 19.4 Å². The van der Waals surface area contributed by atoms with Crippen molar-refractivity contribution in [3.8, 4) is 5.75 Å². The zero-order valence-electron chi connectivity index (χ0n) is 12.5. The molecule has 0 bridgehead atoms. The highest BCUT2D eigenvalue weighted by atomic mass is 16.6. The van der Waals surface area contributed by atoms with Crippen molar-refractivity contribution in [2.75, 3.05) is 20.8 Å². The van der Waals surface area contributed by atoms with Crippen LogP contribution in [0.4, 0.5) is 4.79 Å². The van der Waals surface area contributed by atoms with Gasteiger partial charge in [-0.15, -0.1) is 0 Å². The van der Waals surface area contributed by atoms with Crippen LogP contribution in [0.25, 0.3) is 0 Å². The zero-order valence-corrected chi connectivity index (χ0v) is 12.5. The van der Waals surface area contributed by atoms with Crippen LogP contribution in [0, 0.1) is 0 Å². The molecule has 7 nitrogen and oxygen atoms in total. The third-order valence-corrected chi connectivity index (χ3v) is 3.14. The monoisotopic (exact) mass is 295 g/mol. The number of nitrogens with one attached hydrogen (secondary N) is 1. The van der Waals surface area contributed by atoms with Gasteiger partial charge in [-0.3, -0.25) is 9.63 Å². The SMILES string of the molecule is CONC(=O)CCN(C(N)=O)C(C)c1ccc(OC)cc1. The van der Waals surface area contributed by atoms with Gasteiger partial charge < -0.3 is 15.4 Å². The van der Waals surface area contributed by atoms with E-state index in [9.17, 15) is 9.59 Å². The van der Waals surface area contributed by atoms with E-state index in [1.807, 2.05) is 31.2 Å². The van der Waals surface area contributed by atoms with Crippen LogP contribution in [0.2, 0.25) is 0 Å². The van der Waals surface area contributed by atoms with E-state index < -0.39 is 6.03 Å². The lowest BCUT2D eigenvalue weighted by atomic mass is 10.1. The van der Waals surface area contributed by atoms with Crippen LogP contribution in [-0.2, 0) is 9.63 Å². The van der Waals surface area contributed by atoms with Gasteiger partial charge in [-0.05, 0) is 24.6 Å². The molecule has 0 radical (unpaired) electrons. The number of hydrogen-bond acceptors (Lipinski definition) is 4. The topological polar surface area (TPSA) is 93.9 Å². The minimum atomic E-state index is -0.580. The van der Waals surface area contributed by atoms with Gasteiger partial charge in [0, 0.05) is 13.0 Å². The Hall–Kier alpha value is -2.28. The Morgan fingerprint density at radius 2 is 1.90 bits per heavy atom. The Morgan fingerprint density at radius 1 is 1.29 bits per heavy atom. The quantitative estimate of drug-likeness (QED) is 0.739. The largest absolute Gasteiger partial charge is 0.497 e. The van der Waals surface area contributed by atoms with Gasteiger partial charge in [0.15, 0.2) is 0 Å². The van der Waals surface area contributed by atoms with Crippen molar-refractivity contribution in [1.82, 2.24) is 10.4 Å². The van der Waals surface area contributed by atoms with Gasteiger partial charge in [-0.25, -0.2) is 10.3 Å². The van der Waals surface area contributed by atoms with Gasteiger partial charge in [0.05, 0.1) is 20.3 Å². The Bertz CT molecular complexity index is 476. The fraction of sp³-hybridized carbons (Fsp3) is 0.429. The van der Waals surface area contributed by atoms with E-state index in [-0.39, 0.29) is 24.9 Å². The molecule has 0 spiro atoms. The summed E-state index contributed by atoms with van der Waals surface area (Å²) in [6.45, 7) is 2.05. The molecule has 0 aromatic heterocycles. The number of benzene rings is 1. The lowest BCUT2D eigenvalue weighted by Gasteiger charge is -2.27. The summed E-state index contributed by atoms with van der Waals surface area (Å²) in [5, 5.41) is 0. The molecule has 1 rings (SSSR count). The van der Waals surface area contributed by atoms with Crippen molar-refractivity contribution in [3.05, 3.63) is 29.8 Å². The molecule has 0 aliphatic rings. The van der Waals surface area contributed by atoms with Crippen molar-refractivity contribution in [3.63, 3.8) is 0 Å². The molecule has 21 heavy (non-hydrogen) atoms. The van der Waals surface area contributed by atoms with Crippen molar-refractivity contribution in [2.24, 2.45) is 5.73 Å². The number of carbonyl (C=O) groups excluding carboxylic acids is 2. The number of nitrogens with two attached hydrogens (primary N) is 1. The smallest absolute Gasteiger partial charge is 0.315 e. The predicted octanol–water partition coefficient (Wildman–Crippen LogP) is 1.20. The summed E-state index contributed by atoms with van der Waals surface area (Å²) >= 11 is 0. The summed E-state index contributed by atoms with van der Waals surface area (Å²) in [4.78, 5) is 28.9. The van der Waals surface area contributed by atoms with Gasteiger partial charge in [-0.2, -0.15) is 0 Å². The Kier molecular flexibility index (Phi) is 6.48. The van der Waals surface area contributed by atoms with E-state index >= 15 is 0 Å². The molecule has 1 aromatic rings. The number of amides is 3. The number of primary amides is 1. The second-order valence-corrected chi connectivity index (χ2v) is 4.46. The third-order valence-electron chi connectivity index (χ3n) is 3.14. The van der Waals surface area contributed by atoms with Crippen LogP contribution >= 0.6 is 0 Å². The maximum absolute atomic E-state index is 11.6. The Labute approximate surface area is 124 Å². The van der Waals surface area contributed by atoms with Gasteiger partial charge in [0.1, 0.15) is 5.75 Å². The molecule has 3 N–H and O–H groups in total. The fourth-order valence-electron chi connectivity index (χ4n) is 1.94. The number of ether oxygens (including phenoxy) is 1.